The summed E-state index contributed by atoms with van der Waals surface area (Å²) in [5, 5.41) is 0. The molecule has 0 aliphatic carbocycles. The second-order valence-corrected chi connectivity index (χ2v) is 4.62. The van der Waals surface area contributed by atoms with E-state index in [0.717, 1.165) is 25.9 Å². The van der Waals surface area contributed by atoms with Gasteiger partial charge in [0.2, 0.25) is 0 Å². The molecule has 1 aromatic carbocycles. The maximum absolute atomic E-state index is 13.7. The third-order valence-electron chi connectivity index (χ3n) is 3.58. The number of benzene rings is 1. The molecule has 100 valence electrons. The zero-order chi connectivity index (χ0) is 13.0. The van der Waals surface area contributed by atoms with E-state index in [-0.39, 0.29) is 12.1 Å². The predicted molar refractivity (Wildman–Crippen MR) is 69.1 cm³/mol. The Labute approximate surface area is 107 Å². The van der Waals surface area contributed by atoms with Gasteiger partial charge in [0.05, 0.1) is 5.69 Å². The van der Waals surface area contributed by atoms with Crippen LogP contribution < -0.4 is 4.90 Å². The largest absolute Gasteiger partial charge is 0.369 e. The van der Waals surface area contributed by atoms with Gasteiger partial charge in [-0.25, -0.2) is 4.39 Å². The molecule has 0 bridgehead atoms. The van der Waals surface area contributed by atoms with Crippen LogP contribution in [0.5, 0.6) is 0 Å². The standard InChI is InChI=1S/C14H20FNO2/c1-17-14(18-2)11-7-9-16(10-8-11)13-6-4-3-5-12(13)15/h3-6,11,14H,7-10H2,1-2H3. The third kappa shape index (κ3) is 2.82. The molecular formula is C14H20FNO2. The summed E-state index contributed by atoms with van der Waals surface area (Å²) in [7, 11) is 3.33. The lowest BCUT2D eigenvalue weighted by Gasteiger charge is -2.36. The maximum Gasteiger partial charge on any atom is 0.159 e. The normalized spacial score (nSPS) is 17.4. The summed E-state index contributed by atoms with van der Waals surface area (Å²) in [6.07, 6.45) is 1.77. The first-order valence-corrected chi connectivity index (χ1v) is 6.31. The summed E-state index contributed by atoms with van der Waals surface area (Å²) in [5.41, 5.74) is 0.697. The highest BCUT2D eigenvalue weighted by atomic mass is 19.1. The molecule has 1 saturated heterocycles. The summed E-state index contributed by atoms with van der Waals surface area (Å²) in [5.74, 6) is 0.244. The molecule has 1 heterocycles. The Morgan fingerprint density at radius 3 is 2.33 bits per heavy atom. The Bertz CT molecular complexity index is 374. The molecular weight excluding hydrogens is 233 g/mol. The molecule has 0 saturated carbocycles. The van der Waals surface area contributed by atoms with Gasteiger partial charge < -0.3 is 14.4 Å². The molecule has 18 heavy (non-hydrogen) atoms. The molecule has 0 unspecified atom stereocenters. The molecule has 3 nitrogen and oxygen atoms in total. The van der Waals surface area contributed by atoms with Crippen molar-refractivity contribution in [3.05, 3.63) is 30.1 Å². The number of piperidine rings is 1. The molecule has 0 spiro atoms. The SMILES string of the molecule is COC(OC)C1CCN(c2ccccc2F)CC1. The van der Waals surface area contributed by atoms with Crippen molar-refractivity contribution in [2.24, 2.45) is 5.92 Å². The first kappa shape index (κ1) is 13.3. The highest BCUT2D eigenvalue weighted by Gasteiger charge is 2.27. The second kappa shape index (κ2) is 6.16. The minimum Gasteiger partial charge on any atom is -0.369 e. The fraction of sp³-hybridized carbons (Fsp3) is 0.571. The Balaban J connectivity index is 1.96. The first-order valence-electron chi connectivity index (χ1n) is 6.31. The van der Waals surface area contributed by atoms with Crippen LogP contribution in [0.25, 0.3) is 0 Å². The number of halogens is 1. The second-order valence-electron chi connectivity index (χ2n) is 4.62. The van der Waals surface area contributed by atoms with E-state index < -0.39 is 0 Å². The van der Waals surface area contributed by atoms with Crippen molar-refractivity contribution in [3.8, 4) is 0 Å². The van der Waals surface area contributed by atoms with Crippen LogP contribution in [0.1, 0.15) is 12.8 Å². The minimum absolute atomic E-state index is 0.146. The number of ether oxygens (including phenoxy) is 2. The fourth-order valence-corrected chi connectivity index (χ4v) is 2.60. The van der Waals surface area contributed by atoms with Crippen LogP contribution in [0.4, 0.5) is 10.1 Å². The van der Waals surface area contributed by atoms with Gasteiger partial charge >= 0.3 is 0 Å². The quantitative estimate of drug-likeness (QED) is 0.770. The Morgan fingerprint density at radius 2 is 1.78 bits per heavy atom. The van der Waals surface area contributed by atoms with Crippen molar-refractivity contribution in [1.82, 2.24) is 0 Å². The van der Waals surface area contributed by atoms with Crippen molar-refractivity contribution in [1.29, 1.82) is 0 Å². The van der Waals surface area contributed by atoms with Crippen LogP contribution in [0.2, 0.25) is 0 Å². The Morgan fingerprint density at radius 1 is 1.17 bits per heavy atom. The van der Waals surface area contributed by atoms with Crippen LogP contribution in [0, 0.1) is 11.7 Å². The van der Waals surface area contributed by atoms with E-state index in [2.05, 4.69) is 4.90 Å². The number of anilines is 1. The van der Waals surface area contributed by atoms with Gasteiger partial charge in [-0.1, -0.05) is 12.1 Å². The van der Waals surface area contributed by atoms with Gasteiger partial charge in [0, 0.05) is 33.2 Å². The van der Waals surface area contributed by atoms with Crippen molar-refractivity contribution >= 4 is 5.69 Å². The topological polar surface area (TPSA) is 21.7 Å². The van der Waals surface area contributed by atoms with Gasteiger partial charge in [-0.3, -0.25) is 0 Å². The summed E-state index contributed by atoms with van der Waals surface area (Å²) >= 11 is 0. The van der Waals surface area contributed by atoms with E-state index in [1.807, 2.05) is 12.1 Å². The lowest BCUT2D eigenvalue weighted by atomic mass is 9.95. The molecule has 0 amide bonds. The van der Waals surface area contributed by atoms with Gasteiger partial charge in [0.15, 0.2) is 6.29 Å². The van der Waals surface area contributed by atoms with Gasteiger partial charge in [-0.05, 0) is 25.0 Å². The van der Waals surface area contributed by atoms with E-state index in [9.17, 15) is 4.39 Å². The van der Waals surface area contributed by atoms with E-state index in [1.165, 1.54) is 6.07 Å². The van der Waals surface area contributed by atoms with Crippen LogP contribution >= 0.6 is 0 Å². The van der Waals surface area contributed by atoms with Crippen molar-refractivity contribution in [2.75, 3.05) is 32.2 Å². The summed E-state index contributed by atoms with van der Waals surface area (Å²) in [6, 6.07) is 6.93. The van der Waals surface area contributed by atoms with E-state index in [4.69, 9.17) is 9.47 Å². The van der Waals surface area contributed by atoms with Crippen LogP contribution in [-0.2, 0) is 9.47 Å². The number of hydrogen-bond acceptors (Lipinski definition) is 3. The Hall–Kier alpha value is -1.13. The lowest BCUT2D eigenvalue weighted by Crippen LogP contribution is -2.39. The third-order valence-corrected chi connectivity index (χ3v) is 3.58. The zero-order valence-electron chi connectivity index (χ0n) is 10.9. The molecule has 0 aromatic heterocycles. The lowest BCUT2D eigenvalue weighted by molar-refractivity contribution is -0.141. The molecule has 1 aliphatic heterocycles. The predicted octanol–water partition coefficient (Wildman–Crippen LogP) is 2.66. The number of hydrogen-bond donors (Lipinski definition) is 0. The zero-order valence-corrected chi connectivity index (χ0v) is 10.9. The van der Waals surface area contributed by atoms with Crippen molar-refractivity contribution in [2.45, 2.75) is 19.1 Å². The smallest absolute Gasteiger partial charge is 0.159 e. The van der Waals surface area contributed by atoms with Gasteiger partial charge in [-0.2, -0.15) is 0 Å². The minimum atomic E-state index is -0.147. The van der Waals surface area contributed by atoms with Gasteiger partial charge in [0.25, 0.3) is 0 Å². The van der Waals surface area contributed by atoms with Crippen LogP contribution in [0.3, 0.4) is 0 Å². The van der Waals surface area contributed by atoms with Gasteiger partial charge in [-0.15, -0.1) is 0 Å². The summed E-state index contributed by atoms with van der Waals surface area (Å²) in [4.78, 5) is 2.09. The number of rotatable bonds is 4. The highest BCUT2D eigenvalue weighted by molar-refractivity contribution is 5.47. The van der Waals surface area contributed by atoms with Crippen molar-refractivity contribution in [3.63, 3.8) is 0 Å². The molecule has 0 radical (unpaired) electrons. The fourth-order valence-electron chi connectivity index (χ4n) is 2.60. The highest BCUT2D eigenvalue weighted by Crippen LogP contribution is 2.27. The number of para-hydroxylation sites is 1. The molecule has 4 heteroatoms. The first-order chi connectivity index (χ1) is 8.76. The number of methoxy groups -OCH3 is 2. The molecule has 0 atom stereocenters. The van der Waals surface area contributed by atoms with E-state index in [0.29, 0.717) is 11.6 Å². The van der Waals surface area contributed by atoms with E-state index >= 15 is 0 Å². The number of nitrogens with zero attached hydrogens (tertiary/aromatic N) is 1. The van der Waals surface area contributed by atoms with E-state index in [1.54, 1.807) is 20.3 Å². The Kier molecular flexibility index (Phi) is 4.55. The van der Waals surface area contributed by atoms with Crippen LogP contribution in [-0.4, -0.2) is 33.6 Å². The summed E-state index contributed by atoms with van der Waals surface area (Å²) in [6.45, 7) is 1.68. The average molecular weight is 253 g/mol. The molecule has 0 N–H and O–H groups in total. The van der Waals surface area contributed by atoms with Crippen LogP contribution in [0.15, 0.2) is 24.3 Å². The van der Waals surface area contributed by atoms with Gasteiger partial charge in [0.1, 0.15) is 5.82 Å². The molecule has 2 rings (SSSR count). The maximum atomic E-state index is 13.7. The molecule has 1 fully saturated rings. The average Bonchev–Trinajstić information content (AvgIpc) is 2.42. The molecule has 1 aliphatic rings. The molecule has 1 aromatic rings. The van der Waals surface area contributed by atoms with Crippen molar-refractivity contribution < 1.29 is 13.9 Å². The monoisotopic (exact) mass is 253 g/mol. The summed E-state index contributed by atoms with van der Waals surface area (Å²) < 4.78 is 24.2.